The number of hydrogen-bond donors (Lipinski definition) is 0. The third-order valence-corrected chi connectivity index (χ3v) is 6.18. The fraction of sp³-hybridized carbons (Fsp3) is 0.320. The Morgan fingerprint density at radius 1 is 1.25 bits per heavy atom. The van der Waals surface area contributed by atoms with Crippen LogP contribution in [-0.2, 0) is 9.53 Å². The molecule has 0 saturated carbocycles. The van der Waals surface area contributed by atoms with Crippen molar-refractivity contribution < 1.29 is 23.5 Å². The second-order valence-corrected chi connectivity index (χ2v) is 10.0. The van der Waals surface area contributed by atoms with E-state index in [-0.39, 0.29) is 46.6 Å². The van der Waals surface area contributed by atoms with Gasteiger partial charge in [0.05, 0.1) is 35.3 Å². The van der Waals surface area contributed by atoms with Crippen LogP contribution < -0.4 is 10.3 Å². The Morgan fingerprint density at radius 2 is 1.97 bits per heavy atom. The van der Waals surface area contributed by atoms with Gasteiger partial charge in [0.15, 0.2) is 11.6 Å². The van der Waals surface area contributed by atoms with Crippen LogP contribution in [0.4, 0.5) is 9.18 Å². The summed E-state index contributed by atoms with van der Waals surface area (Å²) in [4.78, 5) is 45.1. The summed E-state index contributed by atoms with van der Waals surface area (Å²) in [5.41, 5.74) is -0.884. The second kappa shape index (κ2) is 9.35. The van der Waals surface area contributed by atoms with E-state index >= 15 is 0 Å². The van der Waals surface area contributed by atoms with E-state index in [9.17, 15) is 24.0 Å². The molecule has 2 amide bonds. The standard InChI is InChI=1S/C25H22BrFN4O5/c1-25(2,3)36-24(34)31-18(6-8-20(31)32)22-29-21-15(9-13(12-28)10-16(21)26)23(33)30(22)14-5-7-19(35-4)17(27)11-14/h5,7,9-11,18H,6,8H2,1-4H3/t18-/m1/s1. The maximum Gasteiger partial charge on any atom is 0.417 e. The lowest BCUT2D eigenvalue weighted by molar-refractivity contribution is -0.128. The number of methoxy groups -OCH3 is 1. The van der Waals surface area contributed by atoms with Crippen molar-refractivity contribution in [2.24, 2.45) is 0 Å². The Morgan fingerprint density at radius 3 is 2.58 bits per heavy atom. The van der Waals surface area contributed by atoms with E-state index in [1.165, 1.54) is 31.4 Å². The van der Waals surface area contributed by atoms with Crippen molar-refractivity contribution in [2.75, 3.05) is 7.11 Å². The third-order valence-electron chi connectivity index (χ3n) is 5.58. The summed E-state index contributed by atoms with van der Waals surface area (Å²) in [6.45, 7) is 5.03. The summed E-state index contributed by atoms with van der Waals surface area (Å²) in [7, 11) is 1.32. The van der Waals surface area contributed by atoms with E-state index in [0.717, 1.165) is 15.5 Å². The molecule has 0 unspecified atom stereocenters. The maximum absolute atomic E-state index is 14.7. The second-order valence-electron chi connectivity index (χ2n) is 9.19. The van der Waals surface area contributed by atoms with Gasteiger partial charge >= 0.3 is 6.09 Å². The number of hydrogen-bond acceptors (Lipinski definition) is 7. The van der Waals surface area contributed by atoms with Crippen molar-refractivity contribution in [3.8, 4) is 17.5 Å². The highest BCUT2D eigenvalue weighted by Crippen LogP contribution is 2.36. The van der Waals surface area contributed by atoms with E-state index in [0.29, 0.717) is 4.47 Å². The number of nitrogens with zero attached hydrogens (tertiary/aromatic N) is 4. The van der Waals surface area contributed by atoms with Gasteiger partial charge in [0.1, 0.15) is 17.5 Å². The summed E-state index contributed by atoms with van der Waals surface area (Å²) in [6.07, 6.45) is -0.651. The average Bonchev–Trinajstić information content (AvgIpc) is 3.19. The number of imide groups is 1. The van der Waals surface area contributed by atoms with Gasteiger partial charge in [0.2, 0.25) is 5.91 Å². The Kier molecular flexibility index (Phi) is 6.58. The molecule has 11 heteroatoms. The zero-order valence-corrected chi connectivity index (χ0v) is 21.6. The molecule has 1 aromatic heterocycles. The number of benzene rings is 2. The lowest BCUT2D eigenvalue weighted by Gasteiger charge is -2.28. The number of nitriles is 1. The number of carbonyl (C=O) groups is 2. The van der Waals surface area contributed by atoms with Crippen LogP contribution in [0.5, 0.6) is 5.75 Å². The SMILES string of the molecule is COc1ccc(-n2c([C@H]3CCC(=O)N3C(=O)OC(C)(C)C)nc3c(Br)cc(C#N)cc3c2=O)cc1F. The molecule has 3 aromatic rings. The van der Waals surface area contributed by atoms with Crippen LogP contribution >= 0.6 is 15.9 Å². The van der Waals surface area contributed by atoms with Gasteiger partial charge in [-0.25, -0.2) is 19.1 Å². The van der Waals surface area contributed by atoms with E-state index in [2.05, 4.69) is 20.9 Å². The molecule has 1 fully saturated rings. The molecule has 1 aliphatic rings. The molecule has 2 aromatic carbocycles. The van der Waals surface area contributed by atoms with Crippen molar-refractivity contribution in [3.63, 3.8) is 0 Å². The van der Waals surface area contributed by atoms with Crippen LogP contribution in [0.15, 0.2) is 39.6 Å². The minimum absolute atomic E-state index is 0.0250. The fourth-order valence-electron chi connectivity index (χ4n) is 4.07. The Labute approximate surface area is 214 Å². The minimum Gasteiger partial charge on any atom is -0.494 e. The predicted molar refractivity (Wildman–Crippen MR) is 131 cm³/mol. The van der Waals surface area contributed by atoms with Crippen LogP contribution in [0.2, 0.25) is 0 Å². The van der Waals surface area contributed by atoms with Gasteiger partial charge in [-0.3, -0.25) is 14.2 Å². The van der Waals surface area contributed by atoms with Crippen molar-refractivity contribution in [1.82, 2.24) is 14.5 Å². The molecule has 1 aliphatic heterocycles. The first-order chi connectivity index (χ1) is 16.9. The normalized spacial score (nSPS) is 15.8. The van der Waals surface area contributed by atoms with Gasteiger partial charge in [-0.1, -0.05) is 0 Å². The summed E-state index contributed by atoms with van der Waals surface area (Å²) in [5, 5.41) is 9.48. The van der Waals surface area contributed by atoms with E-state index in [4.69, 9.17) is 9.47 Å². The van der Waals surface area contributed by atoms with Crippen LogP contribution in [0.1, 0.15) is 51.0 Å². The number of halogens is 2. The van der Waals surface area contributed by atoms with E-state index in [1.807, 2.05) is 6.07 Å². The Balaban J connectivity index is 2.02. The molecule has 0 radical (unpaired) electrons. The largest absolute Gasteiger partial charge is 0.494 e. The monoisotopic (exact) mass is 556 g/mol. The van der Waals surface area contributed by atoms with Crippen molar-refractivity contribution >= 4 is 38.8 Å². The number of ether oxygens (including phenoxy) is 2. The third kappa shape index (κ3) is 4.56. The lowest BCUT2D eigenvalue weighted by atomic mass is 10.1. The smallest absolute Gasteiger partial charge is 0.417 e. The van der Waals surface area contributed by atoms with Crippen LogP contribution in [0.25, 0.3) is 16.6 Å². The summed E-state index contributed by atoms with van der Waals surface area (Å²) in [6, 6.07) is 7.89. The van der Waals surface area contributed by atoms with E-state index < -0.39 is 35.0 Å². The number of amides is 2. The summed E-state index contributed by atoms with van der Waals surface area (Å²) in [5.74, 6) is -1.16. The van der Waals surface area contributed by atoms with Gasteiger partial charge < -0.3 is 9.47 Å². The Hall–Kier alpha value is -3.78. The first-order valence-electron chi connectivity index (χ1n) is 11.0. The molecule has 0 aliphatic carbocycles. The molecule has 0 spiro atoms. The van der Waals surface area contributed by atoms with Gasteiger partial charge in [0.25, 0.3) is 5.56 Å². The number of fused-ring (bicyclic) bond motifs is 1. The number of carbonyl (C=O) groups excluding carboxylic acids is 2. The minimum atomic E-state index is -0.947. The van der Waals surface area contributed by atoms with Crippen molar-refractivity contribution in [1.29, 1.82) is 5.26 Å². The van der Waals surface area contributed by atoms with Gasteiger partial charge in [0, 0.05) is 17.0 Å². The van der Waals surface area contributed by atoms with Crippen LogP contribution in [0.3, 0.4) is 0 Å². The van der Waals surface area contributed by atoms with Crippen molar-refractivity contribution in [3.05, 3.63) is 62.4 Å². The average molecular weight is 557 g/mol. The Bertz CT molecular complexity index is 1510. The predicted octanol–water partition coefficient (Wildman–Crippen LogP) is 4.77. The zero-order valence-electron chi connectivity index (χ0n) is 20.0. The van der Waals surface area contributed by atoms with Crippen LogP contribution in [0, 0.1) is 17.1 Å². The first-order valence-corrected chi connectivity index (χ1v) is 11.8. The van der Waals surface area contributed by atoms with E-state index in [1.54, 1.807) is 20.8 Å². The maximum atomic E-state index is 14.7. The molecule has 4 rings (SSSR count). The first kappa shape index (κ1) is 25.3. The highest BCUT2D eigenvalue weighted by atomic mass is 79.9. The molecule has 0 bridgehead atoms. The fourth-order valence-corrected chi connectivity index (χ4v) is 4.61. The van der Waals surface area contributed by atoms with Gasteiger partial charge in [-0.05, 0) is 67.4 Å². The quantitative estimate of drug-likeness (QED) is 0.456. The van der Waals surface area contributed by atoms with Crippen LogP contribution in [-0.4, -0.2) is 39.2 Å². The van der Waals surface area contributed by atoms with Gasteiger partial charge in [-0.15, -0.1) is 0 Å². The van der Waals surface area contributed by atoms with Crippen molar-refractivity contribution in [2.45, 2.75) is 45.3 Å². The lowest BCUT2D eigenvalue weighted by Crippen LogP contribution is -2.40. The molecule has 36 heavy (non-hydrogen) atoms. The molecule has 1 saturated heterocycles. The summed E-state index contributed by atoms with van der Waals surface area (Å²) < 4.78 is 26.6. The highest BCUT2D eigenvalue weighted by Gasteiger charge is 2.42. The molecular formula is C25H22BrFN4O5. The number of rotatable bonds is 3. The molecule has 1 atom stereocenters. The summed E-state index contributed by atoms with van der Waals surface area (Å²) >= 11 is 3.36. The molecule has 9 nitrogen and oxygen atoms in total. The van der Waals surface area contributed by atoms with Gasteiger partial charge in [-0.2, -0.15) is 5.26 Å². The molecule has 2 heterocycles. The molecular weight excluding hydrogens is 535 g/mol. The molecule has 186 valence electrons. The number of likely N-dealkylation sites (tertiary alicyclic amines) is 1. The highest BCUT2D eigenvalue weighted by molar-refractivity contribution is 9.10. The number of aromatic nitrogens is 2. The zero-order chi connectivity index (χ0) is 26.4. The molecule has 0 N–H and O–H groups in total. The topological polar surface area (TPSA) is 115 Å².